The molecule has 1 aromatic carbocycles. The number of hydrogen-bond donors (Lipinski definition) is 1. The van der Waals surface area contributed by atoms with Crippen molar-refractivity contribution in [2.45, 2.75) is 11.8 Å². The van der Waals surface area contributed by atoms with E-state index in [1.165, 1.54) is 0 Å². The summed E-state index contributed by atoms with van der Waals surface area (Å²) >= 11 is 0. The molecule has 116 valence electrons. The molecular weight excluding hydrogens is 305 g/mol. The lowest BCUT2D eigenvalue weighted by atomic mass is 10.2. The SMILES string of the molecule is CCOC(=O)c1cc(F)cc(S(=O)(=O)N(C)CC(=O)O)c1. The van der Waals surface area contributed by atoms with Gasteiger partial charge in [-0.3, -0.25) is 4.79 Å². The van der Waals surface area contributed by atoms with Gasteiger partial charge in [-0.1, -0.05) is 0 Å². The van der Waals surface area contributed by atoms with Crippen LogP contribution < -0.4 is 0 Å². The second-order valence-electron chi connectivity index (χ2n) is 4.05. The maximum Gasteiger partial charge on any atom is 0.338 e. The summed E-state index contributed by atoms with van der Waals surface area (Å²) in [6, 6.07) is 2.49. The average molecular weight is 319 g/mol. The summed E-state index contributed by atoms with van der Waals surface area (Å²) in [7, 11) is -3.18. The van der Waals surface area contributed by atoms with Crippen LogP contribution in [-0.4, -0.2) is 50.0 Å². The second-order valence-corrected chi connectivity index (χ2v) is 6.10. The van der Waals surface area contributed by atoms with Crippen molar-refractivity contribution in [3.63, 3.8) is 0 Å². The Balaban J connectivity index is 3.24. The minimum atomic E-state index is -4.22. The molecule has 0 fully saturated rings. The number of rotatable bonds is 6. The van der Waals surface area contributed by atoms with Crippen molar-refractivity contribution in [1.29, 1.82) is 0 Å². The number of likely N-dealkylation sites (N-methyl/N-ethyl adjacent to an activating group) is 1. The van der Waals surface area contributed by atoms with E-state index in [2.05, 4.69) is 4.74 Å². The van der Waals surface area contributed by atoms with Gasteiger partial charge in [0.25, 0.3) is 0 Å². The lowest BCUT2D eigenvalue weighted by Crippen LogP contribution is -2.32. The zero-order valence-corrected chi connectivity index (χ0v) is 12.2. The summed E-state index contributed by atoms with van der Waals surface area (Å²) in [6.45, 7) is 0.819. The van der Waals surface area contributed by atoms with E-state index >= 15 is 0 Å². The summed E-state index contributed by atoms with van der Waals surface area (Å²) in [5.41, 5.74) is -0.265. The highest BCUT2D eigenvalue weighted by Gasteiger charge is 2.25. The molecule has 0 aliphatic heterocycles. The Morgan fingerprint density at radius 1 is 1.33 bits per heavy atom. The Morgan fingerprint density at radius 3 is 2.48 bits per heavy atom. The van der Waals surface area contributed by atoms with Crippen LogP contribution >= 0.6 is 0 Å². The third-order valence-electron chi connectivity index (χ3n) is 2.45. The van der Waals surface area contributed by atoms with Gasteiger partial charge in [0.1, 0.15) is 12.4 Å². The topological polar surface area (TPSA) is 101 Å². The van der Waals surface area contributed by atoms with E-state index in [0.29, 0.717) is 10.4 Å². The van der Waals surface area contributed by atoms with Crippen molar-refractivity contribution in [2.75, 3.05) is 20.2 Å². The molecule has 9 heteroatoms. The zero-order chi connectivity index (χ0) is 16.2. The molecule has 0 radical (unpaired) electrons. The molecule has 1 aromatic rings. The number of carboxylic acids is 1. The summed E-state index contributed by atoms with van der Waals surface area (Å²) in [4.78, 5) is 21.6. The van der Waals surface area contributed by atoms with Gasteiger partial charge in [-0.15, -0.1) is 0 Å². The number of ether oxygens (including phenoxy) is 1. The van der Waals surface area contributed by atoms with Crippen LogP contribution in [0.4, 0.5) is 4.39 Å². The summed E-state index contributed by atoms with van der Waals surface area (Å²) < 4.78 is 42.9. The molecule has 1 N–H and O–H groups in total. The molecule has 0 aliphatic carbocycles. The molecule has 0 amide bonds. The molecular formula is C12H14FNO6S. The number of benzene rings is 1. The van der Waals surface area contributed by atoms with Gasteiger partial charge in [-0.25, -0.2) is 17.6 Å². The van der Waals surface area contributed by atoms with E-state index in [4.69, 9.17) is 5.11 Å². The molecule has 0 aromatic heterocycles. The lowest BCUT2D eigenvalue weighted by molar-refractivity contribution is -0.137. The van der Waals surface area contributed by atoms with Crippen LogP contribution in [0.15, 0.2) is 23.1 Å². The lowest BCUT2D eigenvalue weighted by Gasteiger charge is -2.15. The highest BCUT2D eigenvalue weighted by atomic mass is 32.2. The predicted octanol–water partition coefficient (Wildman–Crippen LogP) is 0.708. The first kappa shape index (κ1) is 17.1. The van der Waals surface area contributed by atoms with Crippen LogP contribution in [0.2, 0.25) is 0 Å². The van der Waals surface area contributed by atoms with Crippen molar-refractivity contribution >= 4 is 22.0 Å². The first-order valence-electron chi connectivity index (χ1n) is 5.84. The van der Waals surface area contributed by atoms with Crippen molar-refractivity contribution in [3.8, 4) is 0 Å². The molecule has 7 nitrogen and oxygen atoms in total. The number of carbonyl (C=O) groups is 2. The Morgan fingerprint density at radius 2 is 1.95 bits per heavy atom. The number of esters is 1. The molecule has 0 spiro atoms. The van der Waals surface area contributed by atoms with Crippen LogP contribution in [0, 0.1) is 5.82 Å². The van der Waals surface area contributed by atoms with Crippen LogP contribution in [0.5, 0.6) is 0 Å². The third-order valence-corrected chi connectivity index (χ3v) is 4.23. The molecule has 0 saturated heterocycles. The second kappa shape index (κ2) is 6.64. The van der Waals surface area contributed by atoms with Gasteiger partial charge in [0.15, 0.2) is 0 Å². The Bertz CT molecular complexity index is 658. The number of sulfonamides is 1. The molecule has 0 unspecified atom stereocenters. The smallest absolute Gasteiger partial charge is 0.338 e. The van der Waals surface area contributed by atoms with Crippen LogP contribution in [0.3, 0.4) is 0 Å². The number of nitrogens with zero attached hydrogens (tertiary/aromatic N) is 1. The molecule has 1 rings (SSSR count). The quantitative estimate of drug-likeness (QED) is 0.775. The molecule has 0 heterocycles. The fourth-order valence-corrected chi connectivity index (χ4v) is 2.68. The third kappa shape index (κ3) is 4.23. The highest BCUT2D eigenvalue weighted by molar-refractivity contribution is 7.89. The van der Waals surface area contributed by atoms with E-state index in [1.807, 2.05) is 0 Å². The van der Waals surface area contributed by atoms with E-state index in [0.717, 1.165) is 19.2 Å². The maximum atomic E-state index is 13.5. The molecule has 0 atom stereocenters. The summed E-state index contributed by atoms with van der Waals surface area (Å²) in [5, 5.41) is 8.61. The van der Waals surface area contributed by atoms with Gasteiger partial charge in [0.2, 0.25) is 10.0 Å². The number of halogens is 1. The molecule has 0 aliphatic rings. The Kier molecular flexibility index (Phi) is 5.39. The summed E-state index contributed by atoms with van der Waals surface area (Å²) in [5.74, 6) is -3.17. The fraction of sp³-hybridized carbons (Fsp3) is 0.333. The average Bonchev–Trinajstić information content (AvgIpc) is 2.37. The Hall–Kier alpha value is -2.00. The van der Waals surface area contributed by atoms with Crippen LogP contribution in [0.1, 0.15) is 17.3 Å². The number of hydrogen-bond acceptors (Lipinski definition) is 5. The minimum Gasteiger partial charge on any atom is -0.480 e. The number of aliphatic carboxylic acids is 1. The van der Waals surface area contributed by atoms with E-state index in [9.17, 15) is 22.4 Å². The monoisotopic (exact) mass is 319 g/mol. The van der Waals surface area contributed by atoms with Crippen LogP contribution in [0.25, 0.3) is 0 Å². The maximum absolute atomic E-state index is 13.5. The van der Waals surface area contributed by atoms with Gasteiger partial charge in [0.05, 0.1) is 17.1 Å². The van der Waals surface area contributed by atoms with Gasteiger partial charge in [-0.2, -0.15) is 4.31 Å². The van der Waals surface area contributed by atoms with Crippen molar-refractivity contribution in [3.05, 3.63) is 29.6 Å². The van der Waals surface area contributed by atoms with Crippen molar-refractivity contribution < 1.29 is 32.2 Å². The van der Waals surface area contributed by atoms with Gasteiger partial charge >= 0.3 is 11.9 Å². The first-order valence-corrected chi connectivity index (χ1v) is 7.28. The normalized spacial score (nSPS) is 11.4. The predicted molar refractivity (Wildman–Crippen MR) is 69.8 cm³/mol. The largest absolute Gasteiger partial charge is 0.480 e. The van der Waals surface area contributed by atoms with E-state index in [1.54, 1.807) is 6.92 Å². The van der Waals surface area contributed by atoms with Crippen LogP contribution in [-0.2, 0) is 19.6 Å². The van der Waals surface area contributed by atoms with Crippen molar-refractivity contribution in [1.82, 2.24) is 4.31 Å². The molecule has 21 heavy (non-hydrogen) atoms. The molecule has 0 bridgehead atoms. The van der Waals surface area contributed by atoms with E-state index < -0.39 is 39.2 Å². The zero-order valence-electron chi connectivity index (χ0n) is 11.4. The Labute approximate surface area is 121 Å². The summed E-state index contributed by atoms with van der Waals surface area (Å²) in [6.07, 6.45) is 0. The standard InChI is InChI=1S/C12H14FNO6S/c1-3-20-12(17)8-4-9(13)6-10(5-8)21(18,19)14(2)7-11(15)16/h4-6H,3,7H2,1-2H3,(H,15,16). The molecule has 0 saturated carbocycles. The van der Waals surface area contributed by atoms with Crippen molar-refractivity contribution in [2.24, 2.45) is 0 Å². The highest BCUT2D eigenvalue weighted by Crippen LogP contribution is 2.18. The van der Waals surface area contributed by atoms with Gasteiger partial charge in [0, 0.05) is 7.05 Å². The number of carbonyl (C=O) groups excluding carboxylic acids is 1. The van der Waals surface area contributed by atoms with Gasteiger partial charge < -0.3 is 9.84 Å². The number of carboxylic acid groups (broad SMARTS) is 1. The fourth-order valence-electron chi connectivity index (χ4n) is 1.50. The van der Waals surface area contributed by atoms with E-state index in [-0.39, 0.29) is 12.2 Å². The first-order chi connectivity index (χ1) is 9.68. The van der Waals surface area contributed by atoms with Gasteiger partial charge in [-0.05, 0) is 25.1 Å². The minimum absolute atomic E-state index is 0.0519.